The maximum absolute atomic E-state index is 13.1. The molecule has 3 heterocycles. The van der Waals surface area contributed by atoms with Gasteiger partial charge in [-0.15, -0.1) is 0 Å². The molecule has 180 valence electrons. The predicted molar refractivity (Wildman–Crippen MR) is 129 cm³/mol. The highest BCUT2D eigenvalue weighted by Gasteiger charge is 2.41. The Morgan fingerprint density at radius 3 is 2.70 bits per heavy atom. The normalized spacial score (nSPS) is 26.0. The van der Waals surface area contributed by atoms with Crippen LogP contribution in [0, 0.1) is 17.8 Å². The lowest BCUT2D eigenvalue weighted by Gasteiger charge is -2.32. The molecule has 1 aromatic heterocycles. The van der Waals surface area contributed by atoms with E-state index in [-0.39, 0.29) is 17.4 Å². The third kappa shape index (κ3) is 6.47. The van der Waals surface area contributed by atoms with Gasteiger partial charge in [-0.2, -0.15) is 5.10 Å². The van der Waals surface area contributed by atoms with Gasteiger partial charge in [-0.1, -0.05) is 17.8 Å². The van der Waals surface area contributed by atoms with Gasteiger partial charge < -0.3 is 15.4 Å². The molecule has 2 amide bonds. The Balaban J connectivity index is 1.37. The second kappa shape index (κ2) is 11.8. The van der Waals surface area contributed by atoms with E-state index in [0.717, 1.165) is 68.6 Å². The third-order valence-corrected chi connectivity index (χ3v) is 8.51. The van der Waals surface area contributed by atoms with Crippen molar-refractivity contribution in [1.82, 2.24) is 20.6 Å². The summed E-state index contributed by atoms with van der Waals surface area (Å²) in [4.78, 5) is 28.7. The van der Waals surface area contributed by atoms with Gasteiger partial charge in [0, 0.05) is 31.3 Å². The Bertz CT molecular complexity index is 823. The lowest BCUT2D eigenvalue weighted by Crippen LogP contribution is -2.45. The minimum atomic E-state index is -0.128. The fourth-order valence-corrected chi connectivity index (χ4v) is 6.53. The van der Waals surface area contributed by atoms with Gasteiger partial charge >= 0.3 is 12.0 Å². The number of thioether (sulfide) groups is 1. The van der Waals surface area contributed by atoms with Crippen molar-refractivity contribution < 1.29 is 14.3 Å². The van der Waals surface area contributed by atoms with E-state index in [1.165, 1.54) is 7.11 Å². The quantitative estimate of drug-likeness (QED) is 0.586. The zero-order chi connectivity index (χ0) is 23.0. The number of piperidine rings is 1. The van der Waals surface area contributed by atoms with Gasteiger partial charge in [-0.3, -0.25) is 9.78 Å². The van der Waals surface area contributed by atoms with E-state index < -0.39 is 0 Å². The number of ether oxygens (including phenoxy) is 1. The average molecular weight is 474 g/mol. The van der Waals surface area contributed by atoms with Crippen LogP contribution in [0.15, 0.2) is 29.6 Å². The SMILES string of the molecule is COC(=O)CCC1CCC(C2=NN(C(=O)NCc3cccnc3)C(C3CCNCC3)S2)CC1. The van der Waals surface area contributed by atoms with E-state index in [4.69, 9.17) is 9.84 Å². The summed E-state index contributed by atoms with van der Waals surface area (Å²) >= 11 is 1.81. The first-order chi connectivity index (χ1) is 16.1. The molecule has 0 aromatic carbocycles. The first-order valence-electron chi connectivity index (χ1n) is 12.1. The van der Waals surface area contributed by atoms with Gasteiger partial charge in [0.05, 0.1) is 12.2 Å². The van der Waals surface area contributed by atoms with Crippen LogP contribution in [-0.2, 0) is 16.1 Å². The monoisotopic (exact) mass is 473 g/mol. The zero-order valence-corrected chi connectivity index (χ0v) is 20.2. The molecule has 0 bridgehead atoms. The minimum absolute atomic E-state index is 0.0630. The number of aromatic nitrogens is 1. The summed E-state index contributed by atoms with van der Waals surface area (Å²) in [5.74, 6) is 1.31. The van der Waals surface area contributed by atoms with Crippen LogP contribution in [0.1, 0.15) is 56.9 Å². The smallest absolute Gasteiger partial charge is 0.339 e. The molecule has 3 aliphatic rings. The van der Waals surface area contributed by atoms with Gasteiger partial charge in [-0.25, -0.2) is 9.80 Å². The molecule has 2 fully saturated rings. The lowest BCUT2D eigenvalue weighted by atomic mass is 9.80. The number of hydrazone groups is 1. The summed E-state index contributed by atoms with van der Waals surface area (Å²) < 4.78 is 4.78. The summed E-state index contributed by atoms with van der Waals surface area (Å²) in [7, 11) is 1.45. The Morgan fingerprint density at radius 2 is 2.00 bits per heavy atom. The van der Waals surface area contributed by atoms with Crippen LogP contribution in [0.4, 0.5) is 4.79 Å². The number of methoxy groups -OCH3 is 1. The second-order valence-corrected chi connectivity index (χ2v) is 10.4. The maximum atomic E-state index is 13.1. The second-order valence-electron chi connectivity index (χ2n) is 9.23. The number of amides is 2. The van der Waals surface area contributed by atoms with Gasteiger partial charge in [0.2, 0.25) is 0 Å². The average Bonchev–Trinajstić information content (AvgIpc) is 3.33. The van der Waals surface area contributed by atoms with Crippen LogP contribution in [0.2, 0.25) is 0 Å². The molecule has 1 aromatic rings. The van der Waals surface area contributed by atoms with Crippen molar-refractivity contribution >= 4 is 28.8 Å². The number of nitrogens with zero attached hydrogens (tertiary/aromatic N) is 3. The molecule has 4 rings (SSSR count). The van der Waals surface area contributed by atoms with Crippen LogP contribution in [0.3, 0.4) is 0 Å². The number of carbonyl (C=O) groups excluding carboxylic acids is 2. The fraction of sp³-hybridized carbons (Fsp3) is 0.667. The minimum Gasteiger partial charge on any atom is -0.469 e. The topological polar surface area (TPSA) is 95.9 Å². The largest absolute Gasteiger partial charge is 0.469 e. The third-order valence-electron chi connectivity index (χ3n) is 7.03. The molecule has 8 nitrogen and oxygen atoms in total. The first-order valence-corrected chi connectivity index (χ1v) is 13.0. The van der Waals surface area contributed by atoms with Crippen molar-refractivity contribution in [1.29, 1.82) is 0 Å². The van der Waals surface area contributed by atoms with E-state index >= 15 is 0 Å². The number of esters is 1. The highest BCUT2D eigenvalue weighted by Crippen LogP contribution is 2.42. The van der Waals surface area contributed by atoms with E-state index in [0.29, 0.717) is 30.7 Å². The molecular formula is C24H35N5O3S. The van der Waals surface area contributed by atoms with Crippen molar-refractivity contribution in [3.63, 3.8) is 0 Å². The molecule has 1 aliphatic carbocycles. The van der Waals surface area contributed by atoms with Crippen molar-refractivity contribution in [3.05, 3.63) is 30.1 Å². The molecule has 0 radical (unpaired) electrons. The molecule has 0 spiro atoms. The number of nitrogens with one attached hydrogen (secondary N) is 2. The molecule has 1 unspecified atom stereocenters. The molecule has 2 aliphatic heterocycles. The lowest BCUT2D eigenvalue weighted by molar-refractivity contribution is -0.141. The Labute approximate surface area is 200 Å². The van der Waals surface area contributed by atoms with Crippen molar-refractivity contribution in [2.24, 2.45) is 22.9 Å². The van der Waals surface area contributed by atoms with Crippen LogP contribution in [0.5, 0.6) is 0 Å². The Hall–Kier alpha value is -2.13. The summed E-state index contributed by atoms with van der Waals surface area (Å²) in [6.07, 6.45) is 11.4. The molecule has 1 atom stereocenters. The highest BCUT2D eigenvalue weighted by molar-refractivity contribution is 8.14. The Kier molecular flexibility index (Phi) is 8.61. The summed E-state index contributed by atoms with van der Waals surface area (Å²) in [5.41, 5.74) is 0.977. The number of hydrogen-bond acceptors (Lipinski definition) is 7. The van der Waals surface area contributed by atoms with E-state index in [1.54, 1.807) is 29.2 Å². The van der Waals surface area contributed by atoms with Crippen LogP contribution < -0.4 is 10.6 Å². The summed E-state index contributed by atoms with van der Waals surface area (Å²) in [5, 5.41) is 14.2. The molecule has 1 saturated carbocycles. The molecule has 9 heteroatoms. The molecule has 2 N–H and O–H groups in total. The predicted octanol–water partition coefficient (Wildman–Crippen LogP) is 3.74. The summed E-state index contributed by atoms with van der Waals surface area (Å²) in [6, 6.07) is 3.71. The number of urea groups is 1. The zero-order valence-electron chi connectivity index (χ0n) is 19.4. The molecular weight excluding hydrogens is 438 g/mol. The van der Waals surface area contributed by atoms with Gasteiger partial charge in [0.25, 0.3) is 0 Å². The number of carbonyl (C=O) groups is 2. The van der Waals surface area contributed by atoms with Crippen molar-refractivity contribution in [3.8, 4) is 0 Å². The van der Waals surface area contributed by atoms with Gasteiger partial charge in [0.15, 0.2) is 0 Å². The van der Waals surface area contributed by atoms with E-state index in [1.807, 2.05) is 12.1 Å². The first kappa shape index (κ1) is 24.0. The number of pyridine rings is 1. The van der Waals surface area contributed by atoms with E-state index in [2.05, 4.69) is 15.6 Å². The fourth-order valence-electron chi connectivity index (χ4n) is 5.01. The van der Waals surface area contributed by atoms with Gasteiger partial charge in [-0.05, 0) is 81.5 Å². The number of hydrogen-bond donors (Lipinski definition) is 2. The van der Waals surface area contributed by atoms with Crippen LogP contribution in [-0.4, -0.2) is 52.6 Å². The molecule has 1 saturated heterocycles. The Morgan fingerprint density at radius 1 is 1.21 bits per heavy atom. The highest BCUT2D eigenvalue weighted by atomic mass is 32.2. The van der Waals surface area contributed by atoms with Crippen LogP contribution in [0.25, 0.3) is 0 Å². The molecule has 33 heavy (non-hydrogen) atoms. The number of rotatable bonds is 7. The van der Waals surface area contributed by atoms with Crippen molar-refractivity contribution in [2.45, 2.75) is 63.3 Å². The van der Waals surface area contributed by atoms with Gasteiger partial charge in [0.1, 0.15) is 5.37 Å². The van der Waals surface area contributed by atoms with Crippen molar-refractivity contribution in [2.75, 3.05) is 20.2 Å². The summed E-state index contributed by atoms with van der Waals surface area (Å²) in [6.45, 7) is 2.43. The van der Waals surface area contributed by atoms with E-state index in [9.17, 15) is 9.59 Å². The maximum Gasteiger partial charge on any atom is 0.339 e. The standard InChI is InChI=1S/C24H35N5O3S/c1-32-21(30)9-6-17-4-7-19(8-5-17)22-28-29(23(33-22)20-10-13-25-14-11-20)24(31)27-16-18-3-2-12-26-15-18/h2-3,12,15,17,19-20,23,25H,4-11,13-14,16H2,1H3,(H,27,31). The van der Waals surface area contributed by atoms with Crippen LogP contribution >= 0.6 is 11.8 Å².